The van der Waals surface area contributed by atoms with Crippen LogP contribution < -0.4 is 5.56 Å². The van der Waals surface area contributed by atoms with Crippen LogP contribution in [0.25, 0.3) is 22.3 Å². The van der Waals surface area contributed by atoms with Crippen molar-refractivity contribution in [3.05, 3.63) is 93.0 Å². The van der Waals surface area contributed by atoms with Crippen LogP contribution in [-0.4, -0.2) is 19.7 Å². The number of nitrogens with zero attached hydrogens (tertiary/aromatic N) is 4. The molecule has 3 aromatic heterocycles. The third-order valence-corrected chi connectivity index (χ3v) is 6.76. The first-order valence-electron chi connectivity index (χ1n) is 9.91. The van der Waals surface area contributed by atoms with Gasteiger partial charge < -0.3 is 4.52 Å². The van der Waals surface area contributed by atoms with Crippen molar-refractivity contribution in [1.82, 2.24) is 19.7 Å². The summed E-state index contributed by atoms with van der Waals surface area (Å²) in [6.07, 6.45) is 0.745. The third-order valence-electron chi connectivity index (χ3n) is 4.86. The smallest absolute Gasteiger partial charge is 0.262 e. The highest BCUT2D eigenvalue weighted by Crippen LogP contribution is 2.24. The van der Waals surface area contributed by atoms with E-state index in [2.05, 4.69) is 16.2 Å². The zero-order valence-electron chi connectivity index (χ0n) is 16.8. The van der Waals surface area contributed by atoms with E-state index >= 15 is 0 Å². The molecule has 5 rings (SSSR count). The van der Waals surface area contributed by atoms with E-state index in [1.165, 1.54) is 28.8 Å². The lowest BCUT2D eigenvalue weighted by molar-refractivity contribution is 0.391. The Morgan fingerprint density at radius 1 is 1.06 bits per heavy atom. The summed E-state index contributed by atoms with van der Waals surface area (Å²) in [6.45, 7) is 0.526. The van der Waals surface area contributed by atoms with Crippen LogP contribution in [-0.2, 0) is 18.7 Å². The van der Waals surface area contributed by atoms with Gasteiger partial charge in [-0.3, -0.25) is 9.36 Å². The van der Waals surface area contributed by atoms with Gasteiger partial charge in [-0.15, -0.1) is 11.3 Å². The number of thioether (sulfide) groups is 1. The fourth-order valence-corrected chi connectivity index (χ4v) is 4.88. The topological polar surface area (TPSA) is 73.8 Å². The highest BCUT2D eigenvalue weighted by atomic mass is 32.2. The first-order valence-corrected chi connectivity index (χ1v) is 11.8. The second-order valence-electron chi connectivity index (χ2n) is 7.01. The summed E-state index contributed by atoms with van der Waals surface area (Å²) in [6, 6.07) is 17.4. The number of aromatic nitrogens is 4. The van der Waals surface area contributed by atoms with E-state index < -0.39 is 0 Å². The molecular formula is C23H17FN4O2S2. The largest absolute Gasteiger partial charge is 0.338 e. The van der Waals surface area contributed by atoms with Crippen LogP contribution in [0.1, 0.15) is 10.8 Å². The summed E-state index contributed by atoms with van der Waals surface area (Å²) in [5.74, 6) is 0.674. The lowest BCUT2D eigenvalue weighted by atomic mass is 10.2. The number of fused-ring (bicyclic) bond motifs is 1. The Bertz CT molecular complexity index is 1430. The molecular weight excluding hydrogens is 447 g/mol. The summed E-state index contributed by atoms with van der Waals surface area (Å²) in [4.78, 5) is 23.4. The van der Waals surface area contributed by atoms with Gasteiger partial charge in [-0.1, -0.05) is 47.3 Å². The van der Waals surface area contributed by atoms with Crippen LogP contribution in [0, 0.1) is 5.82 Å². The van der Waals surface area contributed by atoms with Crippen LogP contribution >= 0.6 is 23.1 Å². The Balaban J connectivity index is 1.42. The molecule has 0 atom stereocenters. The maximum Gasteiger partial charge on any atom is 0.262 e. The average molecular weight is 465 g/mol. The standard InChI is InChI=1S/C23H17FN4O2S2/c24-16-6-3-5-15(13-16)21-26-20(30-27-21)14-32-23-25-19-9-2-1-8-18(19)22(29)28(23)11-10-17-7-4-12-31-17/h1-9,12-13H,10-11,14H2. The van der Waals surface area contributed by atoms with Gasteiger partial charge in [0.2, 0.25) is 11.7 Å². The third kappa shape index (κ3) is 4.35. The summed E-state index contributed by atoms with van der Waals surface area (Å²) in [5.41, 5.74) is 1.13. The zero-order valence-corrected chi connectivity index (χ0v) is 18.4. The lowest BCUT2D eigenvalue weighted by Crippen LogP contribution is -2.24. The van der Waals surface area contributed by atoms with Crippen molar-refractivity contribution in [2.75, 3.05) is 0 Å². The van der Waals surface area contributed by atoms with Crippen LogP contribution in [0.2, 0.25) is 0 Å². The number of benzene rings is 2. The Morgan fingerprint density at radius 2 is 1.97 bits per heavy atom. The second kappa shape index (κ2) is 9.05. The second-order valence-corrected chi connectivity index (χ2v) is 8.98. The number of hydrogen-bond donors (Lipinski definition) is 0. The lowest BCUT2D eigenvalue weighted by Gasteiger charge is -2.12. The molecule has 0 bridgehead atoms. The Labute approximate surface area is 190 Å². The van der Waals surface area contributed by atoms with Gasteiger partial charge in [0.1, 0.15) is 5.82 Å². The Morgan fingerprint density at radius 3 is 2.81 bits per heavy atom. The molecule has 160 valence electrons. The van der Waals surface area contributed by atoms with E-state index in [0.717, 1.165) is 6.42 Å². The van der Waals surface area contributed by atoms with E-state index in [0.29, 0.717) is 45.6 Å². The van der Waals surface area contributed by atoms with Gasteiger partial charge in [-0.2, -0.15) is 4.98 Å². The van der Waals surface area contributed by atoms with E-state index in [1.807, 2.05) is 29.6 Å². The molecule has 0 saturated carbocycles. The number of thiophene rings is 1. The SMILES string of the molecule is O=c1c2ccccc2nc(SCc2nc(-c3cccc(F)c3)no2)n1CCc1cccs1. The predicted octanol–water partition coefficient (Wildman–Crippen LogP) is 5.18. The molecule has 0 aliphatic rings. The van der Waals surface area contributed by atoms with Gasteiger partial charge in [-0.25, -0.2) is 9.37 Å². The highest BCUT2D eigenvalue weighted by molar-refractivity contribution is 7.98. The number of hydrogen-bond acceptors (Lipinski definition) is 7. The van der Waals surface area contributed by atoms with Crippen LogP contribution in [0.15, 0.2) is 80.5 Å². The number of para-hydroxylation sites is 1. The molecule has 0 aliphatic heterocycles. The fourth-order valence-electron chi connectivity index (χ4n) is 3.32. The zero-order chi connectivity index (χ0) is 21.9. The minimum Gasteiger partial charge on any atom is -0.338 e. The van der Waals surface area contributed by atoms with Gasteiger partial charge in [0.15, 0.2) is 5.16 Å². The molecule has 2 aromatic carbocycles. The molecule has 6 nitrogen and oxygen atoms in total. The highest BCUT2D eigenvalue weighted by Gasteiger charge is 2.15. The van der Waals surface area contributed by atoms with Crippen LogP contribution in [0.5, 0.6) is 0 Å². The summed E-state index contributed by atoms with van der Waals surface area (Å²) < 4.78 is 20.5. The fraction of sp³-hybridized carbons (Fsp3) is 0.130. The molecule has 0 amide bonds. The predicted molar refractivity (Wildman–Crippen MR) is 123 cm³/mol. The molecule has 0 saturated heterocycles. The number of halogens is 1. The van der Waals surface area contributed by atoms with Crippen molar-refractivity contribution in [2.45, 2.75) is 23.9 Å². The number of rotatable bonds is 7. The quantitative estimate of drug-likeness (QED) is 0.244. The van der Waals surface area contributed by atoms with Crippen molar-refractivity contribution >= 4 is 34.0 Å². The molecule has 0 radical (unpaired) electrons. The maximum absolute atomic E-state index is 13.5. The Hall–Kier alpha value is -3.30. The van der Waals surface area contributed by atoms with Crippen molar-refractivity contribution in [1.29, 1.82) is 0 Å². The van der Waals surface area contributed by atoms with Gasteiger partial charge in [0, 0.05) is 17.0 Å². The molecule has 9 heteroatoms. The minimum atomic E-state index is -0.363. The normalized spacial score (nSPS) is 11.3. The monoisotopic (exact) mass is 464 g/mol. The van der Waals surface area contributed by atoms with Crippen LogP contribution in [0.4, 0.5) is 4.39 Å². The van der Waals surface area contributed by atoms with Crippen molar-refractivity contribution in [3.8, 4) is 11.4 Å². The summed E-state index contributed by atoms with van der Waals surface area (Å²) in [5, 5.41) is 7.16. The molecule has 0 unspecified atom stereocenters. The molecule has 5 aromatic rings. The van der Waals surface area contributed by atoms with Gasteiger partial charge in [-0.05, 0) is 42.1 Å². The van der Waals surface area contributed by atoms with E-state index in [1.54, 1.807) is 34.1 Å². The van der Waals surface area contributed by atoms with Crippen molar-refractivity contribution < 1.29 is 8.91 Å². The van der Waals surface area contributed by atoms with Gasteiger partial charge in [0.05, 0.1) is 16.7 Å². The first-order chi connectivity index (χ1) is 15.7. The van der Waals surface area contributed by atoms with Crippen molar-refractivity contribution in [3.63, 3.8) is 0 Å². The molecule has 0 fully saturated rings. The van der Waals surface area contributed by atoms with Gasteiger partial charge >= 0.3 is 0 Å². The summed E-state index contributed by atoms with van der Waals surface area (Å²) >= 11 is 3.03. The molecule has 32 heavy (non-hydrogen) atoms. The van der Waals surface area contributed by atoms with E-state index in [9.17, 15) is 9.18 Å². The molecule has 0 aliphatic carbocycles. The first kappa shape index (κ1) is 20.6. The summed E-state index contributed by atoms with van der Waals surface area (Å²) in [7, 11) is 0. The maximum atomic E-state index is 13.5. The number of aryl methyl sites for hydroxylation is 1. The minimum absolute atomic E-state index is 0.0689. The van der Waals surface area contributed by atoms with E-state index in [-0.39, 0.29) is 11.4 Å². The van der Waals surface area contributed by atoms with E-state index in [4.69, 9.17) is 9.51 Å². The molecule has 0 N–H and O–H groups in total. The average Bonchev–Trinajstić information content (AvgIpc) is 3.50. The van der Waals surface area contributed by atoms with Crippen molar-refractivity contribution in [2.24, 2.45) is 0 Å². The molecule has 0 spiro atoms. The molecule has 3 heterocycles. The van der Waals surface area contributed by atoms with Crippen LogP contribution in [0.3, 0.4) is 0 Å². The van der Waals surface area contributed by atoms with Gasteiger partial charge in [0.25, 0.3) is 5.56 Å². The Kier molecular flexibility index (Phi) is 5.83.